The fourth-order valence-electron chi connectivity index (χ4n) is 3.90. The van der Waals surface area contributed by atoms with Gasteiger partial charge >= 0.3 is 0 Å². The summed E-state index contributed by atoms with van der Waals surface area (Å²) >= 11 is 0. The summed E-state index contributed by atoms with van der Waals surface area (Å²) in [5, 5.41) is 0. The Labute approximate surface area is 129 Å². The number of rotatable bonds is 2. The van der Waals surface area contributed by atoms with Gasteiger partial charge in [0, 0.05) is 12.6 Å². The van der Waals surface area contributed by atoms with Crippen molar-refractivity contribution in [3.63, 3.8) is 0 Å². The highest BCUT2D eigenvalue weighted by Gasteiger charge is 2.40. The van der Waals surface area contributed by atoms with Crippen molar-refractivity contribution in [3.8, 4) is 0 Å². The number of morpholine rings is 1. The minimum absolute atomic E-state index is 0.167. The lowest BCUT2D eigenvalue weighted by molar-refractivity contribution is -0.0966. The third-order valence-electron chi connectivity index (χ3n) is 5.05. The summed E-state index contributed by atoms with van der Waals surface area (Å²) in [6.45, 7) is 1.86. The van der Waals surface area contributed by atoms with Gasteiger partial charge in [0.05, 0.1) is 30.5 Å². The van der Waals surface area contributed by atoms with E-state index >= 15 is 0 Å². The quantitative estimate of drug-likeness (QED) is 0.783. The number of fused-ring (bicyclic) bond motifs is 2. The van der Waals surface area contributed by atoms with Crippen molar-refractivity contribution in [1.29, 1.82) is 0 Å². The van der Waals surface area contributed by atoms with Gasteiger partial charge in [0.2, 0.25) is 0 Å². The van der Waals surface area contributed by atoms with Crippen LogP contribution >= 0.6 is 0 Å². The van der Waals surface area contributed by atoms with E-state index in [-0.39, 0.29) is 17.9 Å². The molecular weight excluding hydrogens is 280 g/mol. The predicted molar refractivity (Wildman–Crippen MR) is 80.5 cm³/mol. The summed E-state index contributed by atoms with van der Waals surface area (Å²) in [4.78, 5) is 28.6. The topological polar surface area (TPSA) is 49.9 Å². The van der Waals surface area contributed by atoms with Crippen LogP contribution in [0.2, 0.25) is 0 Å². The van der Waals surface area contributed by atoms with Crippen LogP contribution in [0.25, 0.3) is 0 Å². The van der Waals surface area contributed by atoms with E-state index in [1.54, 1.807) is 24.3 Å². The van der Waals surface area contributed by atoms with Gasteiger partial charge in [-0.25, -0.2) is 0 Å². The van der Waals surface area contributed by atoms with E-state index in [0.29, 0.717) is 30.4 Å². The standard InChI is InChI=1S/C17H20N2O3/c20-16-12-5-1-2-6-13(12)17(21)19(16)11-18-9-10-22-15-8-4-3-7-14(15)18/h1-2,5-6,14-15H,3-4,7-11H2/t14-,15+/m1/s1. The van der Waals surface area contributed by atoms with E-state index in [0.717, 1.165) is 19.4 Å². The van der Waals surface area contributed by atoms with E-state index in [9.17, 15) is 9.59 Å². The number of imide groups is 1. The molecule has 0 spiro atoms. The molecule has 2 heterocycles. The zero-order valence-corrected chi connectivity index (χ0v) is 12.5. The molecule has 116 valence electrons. The number of carbonyl (C=O) groups excluding carboxylic acids is 2. The first-order valence-corrected chi connectivity index (χ1v) is 8.06. The summed E-state index contributed by atoms with van der Waals surface area (Å²) < 4.78 is 5.86. The highest BCUT2D eigenvalue weighted by atomic mass is 16.5. The van der Waals surface area contributed by atoms with E-state index in [2.05, 4.69) is 4.90 Å². The molecule has 1 aromatic carbocycles. The molecule has 1 saturated heterocycles. The minimum Gasteiger partial charge on any atom is -0.375 e. The van der Waals surface area contributed by atoms with Crippen LogP contribution in [0.4, 0.5) is 0 Å². The Hall–Kier alpha value is -1.72. The first-order chi connectivity index (χ1) is 10.8. The smallest absolute Gasteiger partial charge is 0.262 e. The fraction of sp³-hybridized carbons (Fsp3) is 0.529. The minimum atomic E-state index is -0.167. The van der Waals surface area contributed by atoms with Gasteiger partial charge in [-0.1, -0.05) is 25.0 Å². The zero-order chi connectivity index (χ0) is 15.1. The van der Waals surface area contributed by atoms with E-state index in [4.69, 9.17) is 4.74 Å². The highest BCUT2D eigenvalue weighted by molar-refractivity contribution is 6.21. The van der Waals surface area contributed by atoms with E-state index < -0.39 is 0 Å². The molecule has 5 heteroatoms. The van der Waals surface area contributed by atoms with Crippen LogP contribution in [0, 0.1) is 0 Å². The summed E-state index contributed by atoms with van der Waals surface area (Å²) in [5.41, 5.74) is 1.06. The molecule has 3 aliphatic rings. The Balaban J connectivity index is 1.54. The van der Waals surface area contributed by atoms with Crippen LogP contribution in [0.15, 0.2) is 24.3 Å². The van der Waals surface area contributed by atoms with Crippen LogP contribution in [0.5, 0.6) is 0 Å². The molecule has 0 aromatic heterocycles. The van der Waals surface area contributed by atoms with Crippen molar-refractivity contribution >= 4 is 11.8 Å². The number of nitrogens with zero attached hydrogens (tertiary/aromatic N) is 2. The van der Waals surface area contributed by atoms with Crippen molar-refractivity contribution in [3.05, 3.63) is 35.4 Å². The molecule has 0 radical (unpaired) electrons. The van der Waals surface area contributed by atoms with Gasteiger partial charge < -0.3 is 4.74 Å². The fourth-order valence-corrected chi connectivity index (χ4v) is 3.90. The molecule has 0 unspecified atom stereocenters. The predicted octanol–water partition coefficient (Wildman–Crippen LogP) is 1.88. The molecule has 1 aromatic rings. The highest BCUT2D eigenvalue weighted by Crippen LogP contribution is 2.30. The van der Waals surface area contributed by atoms with Gasteiger partial charge in [0.25, 0.3) is 11.8 Å². The number of ether oxygens (including phenoxy) is 1. The second-order valence-electron chi connectivity index (χ2n) is 6.30. The van der Waals surface area contributed by atoms with Gasteiger partial charge in [0.15, 0.2) is 0 Å². The average molecular weight is 300 g/mol. The largest absolute Gasteiger partial charge is 0.375 e. The molecule has 2 amide bonds. The van der Waals surface area contributed by atoms with Crippen molar-refractivity contribution in [2.24, 2.45) is 0 Å². The molecule has 0 bridgehead atoms. The normalized spacial score (nSPS) is 28.6. The van der Waals surface area contributed by atoms with Crippen molar-refractivity contribution in [1.82, 2.24) is 9.80 Å². The van der Waals surface area contributed by atoms with Crippen LogP contribution in [-0.4, -0.2) is 53.6 Å². The molecule has 1 aliphatic carbocycles. The summed E-state index contributed by atoms with van der Waals surface area (Å²) in [7, 11) is 0. The number of hydrogen-bond donors (Lipinski definition) is 0. The maximum Gasteiger partial charge on any atom is 0.262 e. The van der Waals surface area contributed by atoms with Crippen LogP contribution in [-0.2, 0) is 4.74 Å². The maximum absolute atomic E-state index is 12.5. The molecular formula is C17H20N2O3. The number of amides is 2. The Kier molecular flexibility index (Phi) is 3.47. The van der Waals surface area contributed by atoms with Crippen molar-refractivity contribution in [2.75, 3.05) is 19.8 Å². The molecule has 2 fully saturated rings. The van der Waals surface area contributed by atoms with Crippen LogP contribution < -0.4 is 0 Å². The van der Waals surface area contributed by atoms with Crippen LogP contribution in [0.3, 0.4) is 0 Å². The van der Waals surface area contributed by atoms with Gasteiger partial charge in [-0.2, -0.15) is 0 Å². The molecule has 0 N–H and O–H groups in total. The first-order valence-electron chi connectivity index (χ1n) is 8.06. The van der Waals surface area contributed by atoms with Gasteiger partial charge in [-0.15, -0.1) is 0 Å². The molecule has 1 saturated carbocycles. The number of benzene rings is 1. The Morgan fingerprint density at radius 2 is 1.73 bits per heavy atom. The summed E-state index contributed by atoms with van der Waals surface area (Å²) in [6.07, 6.45) is 4.85. The Morgan fingerprint density at radius 3 is 2.45 bits per heavy atom. The Bertz CT molecular complexity index is 579. The second kappa shape index (κ2) is 5.48. The summed E-state index contributed by atoms with van der Waals surface area (Å²) in [5.74, 6) is -0.334. The van der Waals surface area contributed by atoms with Crippen LogP contribution in [0.1, 0.15) is 46.4 Å². The summed E-state index contributed by atoms with van der Waals surface area (Å²) in [6, 6.07) is 7.42. The van der Waals surface area contributed by atoms with Gasteiger partial charge in [-0.3, -0.25) is 19.4 Å². The lowest BCUT2D eigenvalue weighted by Gasteiger charge is -2.44. The lowest BCUT2D eigenvalue weighted by atomic mass is 9.90. The third kappa shape index (κ3) is 2.16. The van der Waals surface area contributed by atoms with Gasteiger partial charge in [0.1, 0.15) is 0 Å². The molecule has 2 atom stereocenters. The van der Waals surface area contributed by atoms with E-state index in [1.807, 2.05) is 0 Å². The lowest BCUT2D eigenvalue weighted by Crippen LogP contribution is -2.56. The maximum atomic E-state index is 12.5. The second-order valence-corrected chi connectivity index (χ2v) is 6.30. The number of hydrogen-bond acceptors (Lipinski definition) is 4. The van der Waals surface area contributed by atoms with Crippen molar-refractivity contribution < 1.29 is 14.3 Å². The molecule has 4 rings (SSSR count). The molecule has 5 nitrogen and oxygen atoms in total. The average Bonchev–Trinajstić information content (AvgIpc) is 2.81. The SMILES string of the molecule is O=C1c2ccccc2C(=O)N1CN1CCO[C@H]2CCCC[C@H]21. The third-order valence-corrected chi connectivity index (χ3v) is 5.05. The Morgan fingerprint density at radius 1 is 1.05 bits per heavy atom. The van der Waals surface area contributed by atoms with Gasteiger partial charge in [-0.05, 0) is 25.0 Å². The van der Waals surface area contributed by atoms with Crippen molar-refractivity contribution in [2.45, 2.75) is 37.8 Å². The number of carbonyl (C=O) groups is 2. The monoisotopic (exact) mass is 300 g/mol. The molecule has 22 heavy (non-hydrogen) atoms. The molecule has 2 aliphatic heterocycles. The zero-order valence-electron chi connectivity index (χ0n) is 12.5. The first kappa shape index (κ1) is 13.9. The van der Waals surface area contributed by atoms with E-state index in [1.165, 1.54) is 17.7 Å².